The first-order valence-corrected chi connectivity index (χ1v) is 13.7. The zero-order valence-electron chi connectivity index (χ0n) is 22.6. The van der Waals surface area contributed by atoms with Gasteiger partial charge in [-0.1, -0.05) is 30.8 Å². The van der Waals surface area contributed by atoms with Crippen molar-refractivity contribution in [1.29, 1.82) is 0 Å². The molecule has 1 fully saturated rings. The second-order valence-electron chi connectivity index (χ2n) is 9.49. The van der Waals surface area contributed by atoms with Gasteiger partial charge in [-0.15, -0.1) is 0 Å². The van der Waals surface area contributed by atoms with Gasteiger partial charge in [0.2, 0.25) is 0 Å². The Morgan fingerprint density at radius 1 is 0.878 bits per heavy atom. The molecule has 9 nitrogen and oxygen atoms in total. The van der Waals surface area contributed by atoms with Crippen LogP contribution in [0.5, 0.6) is 0 Å². The molecule has 1 aliphatic heterocycles. The number of carbonyl (C=O) groups is 3. The number of anilines is 1. The van der Waals surface area contributed by atoms with Crippen LogP contribution in [-0.4, -0.2) is 27.3 Å². The van der Waals surface area contributed by atoms with E-state index in [9.17, 15) is 24.5 Å². The first-order chi connectivity index (χ1) is 19.7. The van der Waals surface area contributed by atoms with Crippen LogP contribution in [0.4, 0.5) is 16.2 Å². The number of aryl methyl sites for hydroxylation is 2. The molecule has 1 aromatic heterocycles. The van der Waals surface area contributed by atoms with E-state index in [0.29, 0.717) is 11.3 Å². The van der Waals surface area contributed by atoms with Crippen molar-refractivity contribution in [3.8, 4) is 5.69 Å². The van der Waals surface area contributed by atoms with Gasteiger partial charge in [0.1, 0.15) is 5.57 Å². The lowest BCUT2D eigenvalue weighted by Crippen LogP contribution is -2.54. The van der Waals surface area contributed by atoms with E-state index in [0.717, 1.165) is 43.8 Å². The van der Waals surface area contributed by atoms with E-state index in [1.54, 1.807) is 24.3 Å². The van der Waals surface area contributed by atoms with Crippen LogP contribution in [0.1, 0.15) is 29.4 Å². The van der Waals surface area contributed by atoms with Crippen LogP contribution in [-0.2, 0) is 16.0 Å². The Balaban J connectivity index is 1.40. The molecule has 0 spiro atoms. The third-order valence-corrected chi connectivity index (χ3v) is 7.87. The lowest BCUT2D eigenvalue weighted by molar-refractivity contribution is -0.384. The van der Waals surface area contributed by atoms with E-state index in [-0.39, 0.29) is 11.3 Å². The summed E-state index contributed by atoms with van der Waals surface area (Å²) < 4.78 is 2.02. The second kappa shape index (κ2) is 11.3. The van der Waals surface area contributed by atoms with Crippen LogP contribution in [0.3, 0.4) is 0 Å². The van der Waals surface area contributed by atoms with Gasteiger partial charge in [0.05, 0.1) is 10.6 Å². The maximum absolute atomic E-state index is 13.4. The monoisotopic (exact) mass is 566 g/mol. The van der Waals surface area contributed by atoms with Crippen molar-refractivity contribution in [1.82, 2.24) is 9.88 Å². The predicted molar refractivity (Wildman–Crippen MR) is 157 cm³/mol. The molecule has 4 amide bonds. The predicted octanol–water partition coefficient (Wildman–Crippen LogP) is 6.38. The molecular formula is C31H26N4O5S. The molecule has 206 valence electrons. The Morgan fingerprint density at radius 3 is 2.05 bits per heavy atom. The minimum Gasteiger partial charge on any atom is -0.318 e. The Labute approximate surface area is 240 Å². The van der Waals surface area contributed by atoms with Crippen molar-refractivity contribution < 1.29 is 19.3 Å². The van der Waals surface area contributed by atoms with Crippen molar-refractivity contribution >= 4 is 47.1 Å². The molecule has 10 heteroatoms. The molecule has 4 aromatic rings. The largest absolute Gasteiger partial charge is 0.335 e. The number of nitro benzene ring substituents is 1. The summed E-state index contributed by atoms with van der Waals surface area (Å²) in [5.74, 6) is -1.42. The first kappa shape index (κ1) is 27.6. The highest BCUT2D eigenvalue weighted by molar-refractivity contribution is 7.99. The number of benzene rings is 3. The van der Waals surface area contributed by atoms with Crippen LogP contribution in [0.25, 0.3) is 11.8 Å². The van der Waals surface area contributed by atoms with Crippen LogP contribution in [0, 0.1) is 24.0 Å². The van der Waals surface area contributed by atoms with E-state index < -0.39 is 22.8 Å². The Bertz CT molecular complexity index is 1710. The number of imide groups is 2. The Morgan fingerprint density at radius 2 is 1.46 bits per heavy atom. The average Bonchev–Trinajstić information content (AvgIpc) is 3.24. The van der Waals surface area contributed by atoms with Gasteiger partial charge in [0, 0.05) is 39.0 Å². The summed E-state index contributed by atoms with van der Waals surface area (Å²) >= 11 is 1.49. The summed E-state index contributed by atoms with van der Waals surface area (Å²) in [5, 5.41) is 13.2. The minimum atomic E-state index is -0.779. The lowest BCUT2D eigenvalue weighted by atomic mass is 10.1. The van der Waals surface area contributed by atoms with Crippen molar-refractivity contribution in [3.05, 3.63) is 117 Å². The number of non-ortho nitro benzene ring substituents is 1. The quantitative estimate of drug-likeness (QED) is 0.120. The van der Waals surface area contributed by atoms with Gasteiger partial charge in [-0.3, -0.25) is 25.0 Å². The zero-order valence-corrected chi connectivity index (χ0v) is 23.4. The number of nitrogens with zero attached hydrogens (tertiary/aromatic N) is 3. The van der Waals surface area contributed by atoms with Crippen LogP contribution in [0.2, 0.25) is 0 Å². The molecule has 0 atom stereocenters. The summed E-state index contributed by atoms with van der Waals surface area (Å²) in [6.45, 7) is 5.85. The summed E-state index contributed by atoms with van der Waals surface area (Å²) in [4.78, 5) is 51.9. The Kier molecular flexibility index (Phi) is 7.58. The fraction of sp³-hybridized carbons (Fsp3) is 0.129. The number of amides is 4. The van der Waals surface area contributed by atoms with E-state index in [2.05, 4.69) is 5.32 Å². The van der Waals surface area contributed by atoms with Crippen molar-refractivity contribution in [2.75, 3.05) is 4.90 Å². The van der Waals surface area contributed by atoms with Crippen molar-refractivity contribution in [3.63, 3.8) is 0 Å². The number of hydrogen-bond donors (Lipinski definition) is 1. The van der Waals surface area contributed by atoms with Crippen LogP contribution >= 0.6 is 11.8 Å². The topological polar surface area (TPSA) is 115 Å². The number of nitro groups is 1. The highest BCUT2D eigenvalue weighted by Crippen LogP contribution is 2.31. The van der Waals surface area contributed by atoms with Crippen LogP contribution in [0.15, 0.2) is 94.2 Å². The van der Waals surface area contributed by atoms with E-state index >= 15 is 0 Å². The van der Waals surface area contributed by atoms with Crippen molar-refractivity contribution in [2.45, 2.75) is 37.0 Å². The van der Waals surface area contributed by atoms with Gasteiger partial charge in [-0.05, 0) is 92.1 Å². The molecule has 0 unspecified atom stereocenters. The fourth-order valence-corrected chi connectivity index (χ4v) is 5.51. The molecule has 1 saturated heterocycles. The molecular weight excluding hydrogens is 540 g/mol. The van der Waals surface area contributed by atoms with Gasteiger partial charge in [-0.25, -0.2) is 9.69 Å². The van der Waals surface area contributed by atoms with Gasteiger partial charge in [0.25, 0.3) is 17.5 Å². The summed E-state index contributed by atoms with van der Waals surface area (Å²) in [6, 6.07) is 22.4. The smallest absolute Gasteiger partial charge is 0.318 e. The molecule has 2 heterocycles. The molecule has 1 N–H and O–H groups in total. The first-order valence-electron chi connectivity index (χ1n) is 12.9. The third-order valence-electron chi connectivity index (χ3n) is 6.85. The van der Waals surface area contributed by atoms with Crippen LogP contribution < -0.4 is 10.2 Å². The van der Waals surface area contributed by atoms with E-state index in [1.807, 2.05) is 67.8 Å². The van der Waals surface area contributed by atoms with Crippen molar-refractivity contribution in [2.24, 2.45) is 0 Å². The molecule has 0 bridgehead atoms. The fourth-order valence-electron chi connectivity index (χ4n) is 4.69. The van der Waals surface area contributed by atoms with Gasteiger partial charge in [-0.2, -0.15) is 0 Å². The zero-order chi connectivity index (χ0) is 29.3. The number of aromatic nitrogens is 1. The highest BCUT2D eigenvalue weighted by Gasteiger charge is 2.37. The van der Waals surface area contributed by atoms with E-state index in [1.165, 1.54) is 30.0 Å². The van der Waals surface area contributed by atoms with Gasteiger partial charge >= 0.3 is 6.03 Å². The summed E-state index contributed by atoms with van der Waals surface area (Å²) in [7, 11) is 0. The second-order valence-corrected chi connectivity index (χ2v) is 10.6. The molecule has 1 aliphatic rings. The molecule has 3 aromatic carbocycles. The number of barbiturate groups is 1. The standard InChI is InChI=1S/C31H26N4O5S/c1-4-21-5-7-24(8-6-21)34-30(37)28(29(36)32-31(34)38)18-22-17-19(2)33(20(22)3)23-9-13-26(14-10-23)41-27-15-11-25(12-16-27)35(39)40/h5-18H,4H2,1-3H3,(H,32,36,38)/b28-18-. The molecule has 5 rings (SSSR count). The normalized spacial score (nSPS) is 14.5. The maximum Gasteiger partial charge on any atom is 0.335 e. The number of nitrogens with one attached hydrogen (secondary N) is 1. The molecule has 0 radical (unpaired) electrons. The number of urea groups is 1. The van der Waals surface area contributed by atoms with E-state index in [4.69, 9.17) is 0 Å². The number of hydrogen-bond acceptors (Lipinski definition) is 6. The number of rotatable bonds is 7. The number of carbonyl (C=O) groups excluding carboxylic acids is 3. The lowest BCUT2D eigenvalue weighted by Gasteiger charge is -2.26. The summed E-state index contributed by atoms with van der Waals surface area (Å²) in [6.07, 6.45) is 2.34. The molecule has 0 aliphatic carbocycles. The van der Waals surface area contributed by atoms with Gasteiger partial charge < -0.3 is 4.57 Å². The highest BCUT2D eigenvalue weighted by atomic mass is 32.2. The summed E-state index contributed by atoms with van der Waals surface area (Å²) in [5.41, 5.74) is 4.67. The Hall–Kier alpha value is -4.96. The molecule has 0 saturated carbocycles. The van der Waals surface area contributed by atoms with Gasteiger partial charge in [0.15, 0.2) is 0 Å². The molecule has 41 heavy (non-hydrogen) atoms. The maximum atomic E-state index is 13.4. The average molecular weight is 567 g/mol. The minimum absolute atomic E-state index is 0.0476. The third kappa shape index (κ3) is 5.55. The SMILES string of the molecule is CCc1ccc(N2C(=O)NC(=O)/C(=C/c3cc(C)n(-c4ccc(Sc5ccc([N+](=O)[O-])cc5)cc4)c3C)C2=O)cc1.